The van der Waals surface area contributed by atoms with E-state index in [1.54, 1.807) is 14.2 Å². The van der Waals surface area contributed by atoms with Crippen LogP contribution in [0.1, 0.15) is 38.5 Å². The number of hydrogen-bond acceptors (Lipinski definition) is 5. The van der Waals surface area contributed by atoms with Crippen molar-refractivity contribution in [3.8, 4) is 0 Å². The molecule has 1 spiro atoms. The maximum Gasteiger partial charge on any atom is 0.227 e. The molecule has 3 saturated heterocycles. The lowest BCUT2D eigenvalue weighted by Gasteiger charge is -2.49. The summed E-state index contributed by atoms with van der Waals surface area (Å²) in [5, 5.41) is 0. The highest BCUT2D eigenvalue weighted by atomic mass is 17.3. The van der Waals surface area contributed by atoms with Crippen molar-refractivity contribution in [2.45, 2.75) is 56.2 Å². The van der Waals surface area contributed by atoms with Crippen LogP contribution in [-0.4, -0.2) is 38.5 Å². The highest BCUT2D eigenvalue weighted by molar-refractivity contribution is 4.99. The molecule has 0 radical (unpaired) electrons. The van der Waals surface area contributed by atoms with E-state index in [9.17, 15) is 0 Å². The van der Waals surface area contributed by atoms with Crippen LogP contribution in [0, 0.1) is 5.92 Å². The summed E-state index contributed by atoms with van der Waals surface area (Å²) in [6.07, 6.45) is 5.99. The third-order valence-corrected chi connectivity index (χ3v) is 4.58. The van der Waals surface area contributed by atoms with Crippen LogP contribution < -0.4 is 0 Å². The third kappa shape index (κ3) is 1.80. The minimum Gasteiger partial charge on any atom is -0.379 e. The first-order chi connectivity index (χ1) is 8.75. The largest absolute Gasteiger partial charge is 0.379 e. The van der Waals surface area contributed by atoms with Crippen molar-refractivity contribution in [2.24, 2.45) is 5.92 Å². The predicted molar refractivity (Wildman–Crippen MR) is 62.6 cm³/mol. The Morgan fingerprint density at radius 2 is 2.00 bits per heavy atom. The van der Waals surface area contributed by atoms with E-state index in [-0.39, 0.29) is 6.29 Å². The van der Waals surface area contributed by atoms with Crippen LogP contribution in [0.2, 0.25) is 0 Å². The molecule has 0 aromatic carbocycles. The SMILES string of the molecule is COC[C@]12CC[C@H]3CCCC[C@@]3(OO1)[C@H](OC)O2. The van der Waals surface area contributed by atoms with Crippen molar-refractivity contribution < 1.29 is 24.0 Å². The van der Waals surface area contributed by atoms with Gasteiger partial charge >= 0.3 is 0 Å². The molecule has 18 heavy (non-hydrogen) atoms. The molecule has 0 unspecified atom stereocenters. The molecule has 2 bridgehead atoms. The van der Waals surface area contributed by atoms with E-state index >= 15 is 0 Å². The van der Waals surface area contributed by atoms with E-state index < -0.39 is 11.4 Å². The molecule has 1 aliphatic carbocycles. The highest BCUT2D eigenvalue weighted by Crippen LogP contribution is 2.52. The van der Waals surface area contributed by atoms with Gasteiger partial charge in [-0.2, -0.15) is 4.89 Å². The molecule has 4 fully saturated rings. The lowest BCUT2D eigenvalue weighted by molar-refractivity contribution is -0.554. The van der Waals surface area contributed by atoms with Crippen LogP contribution in [-0.2, 0) is 24.0 Å². The number of hydrogen-bond donors (Lipinski definition) is 0. The van der Waals surface area contributed by atoms with Gasteiger partial charge in [0.1, 0.15) is 6.61 Å². The molecule has 5 heteroatoms. The van der Waals surface area contributed by atoms with Crippen molar-refractivity contribution in [3.63, 3.8) is 0 Å². The molecule has 0 aromatic heterocycles. The lowest BCUT2D eigenvalue weighted by atomic mass is 9.73. The number of fused-ring (bicyclic) bond motifs is 3. The van der Waals surface area contributed by atoms with Crippen LogP contribution in [0.5, 0.6) is 0 Å². The Labute approximate surface area is 108 Å². The molecule has 5 nitrogen and oxygen atoms in total. The summed E-state index contributed by atoms with van der Waals surface area (Å²) in [6, 6.07) is 0. The Kier molecular flexibility index (Phi) is 3.36. The quantitative estimate of drug-likeness (QED) is 0.725. The zero-order valence-electron chi connectivity index (χ0n) is 11.1. The molecule has 104 valence electrons. The molecule has 4 rings (SSSR count). The van der Waals surface area contributed by atoms with E-state index in [0.29, 0.717) is 12.5 Å². The summed E-state index contributed by atoms with van der Waals surface area (Å²) in [5.41, 5.74) is -0.416. The van der Waals surface area contributed by atoms with E-state index in [0.717, 1.165) is 32.1 Å². The normalized spacial score (nSPS) is 47.7. The fraction of sp³-hybridized carbons (Fsp3) is 1.00. The van der Waals surface area contributed by atoms with Crippen LogP contribution in [0.25, 0.3) is 0 Å². The summed E-state index contributed by atoms with van der Waals surface area (Å²) in [4.78, 5) is 11.4. The molecule has 0 amide bonds. The van der Waals surface area contributed by atoms with Gasteiger partial charge in [-0.25, -0.2) is 4.89 Å². The van der Waals surface area contributed by atoms with Gasteiger partial charge in [0.2, 0.25) is 5.79 Å². The maximum absolute atomic E-state index is 6.05. The van der Waals surface area contributed by atoms with Gasteiger partial charge in [0.05, 0.1) is 0 Å². The molecule has 4 aliphatic rings. The van der Waals surface area contributed by atoms with Crippen LogP contribution in [0.15, 0.2) is 0 Å². The van der Waals surface area contributed by atoms with Gasteiger partial charge < -0.3 is 14.2 Å². The predicted octanol–water partition coefficient (Wildman–Crippen LogP) is 2.00. The van der Waals surface area contributed by atoms with Crippen molar-refractivity contribution in [2.75, 3.05) is 20.8 Å². The van der Waals surface area contributed by atoms with Crippen molar-refractivity contribution in [1.82, 2.24) is 0 Å². The molecular weight excluding hydrogens is 236 g/mol. The molecule has 0 N–H and O–H groups in total. The smallest absolute Gasteiger partial charge is 0.227 e. The molecule has 4 atom stereocenters. The first-order valence-corrected chi connectivity index (χ1v) is 6.81. The fourth-order valence-corrected chi connectivity index (χ4v) is 3.65. The number of methoxy groups -OCH3 is 2. The van der Waals surface area contributed by atoms with Crippen molar-refractivity contribution in [3.05, 3.63) is 0 Å². The van der Waals surface area contributed by atoms with Crippen LogP contribution >= 0.6 is 0 Å². The topological polar surface area (TPSA) is 46.2 Å². The average molecular weight is 258 g/mol. The minimum absolute atomic E-state index is 0.353. The van der Waals surface area contributed by atoms with Crippen molar-refractivity contribution >= 4 is 0 Å². The standard InChI is InChI=1S/C13H22O5/c1-14-9-12-8-6-10-5-3-4-7-13(10,18-17-12)11(15-2)16-12/h10-11H,3-9H2,1-2H3/t10-,11-,12+,13+/m1/s1. The second-order valence-corrected chi connectivity index (χ2v) is 5.63. The van der Waals surface area contributed by atoms with Crippen molar-refractivity contribution in [1.29, 1.82) is 0 Å². The average Bonchev–Trinajstić information content (AvgIpc) is 2.64. The summed E-state index contributed by atoms with van der Waals surface area (Å²) in [7, 11) is 3.32. The summed E-state index contributed by atoms with van der Waals surface area (Å²) in [5.74, 6) is -0.338. The molecule has 3 aliphatic heterocycles. The van der Waals surface area contributed by atoms with Gasteiger partial charge in [-0.3, -0.25) is 0 Å². The van der Waals surface area contributed by atoms with E-state index in [2.05, 4.69) is 0 Å². The second-order valence-electron chi connectivity index (χ2n) is 5.63. The first-order valence-electron chi connectivity index (χ1n) is 6.81. The Morgan fingerprint density at radius 1 is 1.11 bits per heavy atom. The number of rotatable bonds is 3. The van der Waals surface area contributed by atoms with Gasteiger partial charge in [0.15, 0.2) is 11.9 Å². The molecular formula is C13H22O5. The Balaban J connectivity index is 1.90. The fourth-order valence-electron chi connectivity index (χ4n) is 3.65. The van der Waals surface area contributed by atoms with Gasteiger partial charge in [-0.15, -0.1) is 0 Å². The first kappa shape index (κ1) is 12.8. The van der Waals surface area contributed by atoms with Gasteiger partial charge in [0, 0.05) is 20.6 Å². The molecule has 1 saturated carbocycles. The van der Waals surface area contributed by atoms with Gasteiger partial charge in [0.25, 0.3) is 0 Å². The van der Waals surface area contributed by atoms with Gasteiger partial charge in [-0.1, -0.05) is 12.8 Å². The Morgan fingerprint density at radius 3 is 2.78 bits per heavy atom. The summed E-state index contributed by atoms with van der Waals surface area (Å²) in [6.45, 7) is 0.371. The number of ether oxygens (including phenoxy) is 3. The van der Waals surface area contributed by atoms with Gasteiger partial charge in [-0.05, 0) is 25.2 Å². The lowest BCUT2D eigenvalue weighted by Crippen LogP contribution is -2.60. The summed E-state index contributed by atoms with van der Waals surface area (Å²) >= 11 is 0. The van der Waals surface area contributed by atoms with Crippen LogP contribution in [0.4, 0.5) is 0 Å². The zero-order valence-corrected chi connectivity index (χ0v) is 11.1. The Hall–Kier alpha value is -0.200. The second kappa shape index (κ2) is 4.72. The Bertz CT molecular complexity index is 306. The van der Waals surface area contributed by atoms with E-state index in [4.69, 9.17) is 24.0 Å². The van der Waals surface area contributed by atoms with E-state index in [1.165, 1.54) is 6.42 Å². The highest BCUT2D eigenvalue weighted by Gasteiger charge is 2.61. The minimum atomic E-state index is -0.794. The maximum atomic E-state index is 6.05. The van der Waals surface area contributed by atoms with E-state index in [1.807, 2.05) is 0 Å². The molecule has 3 heterocycles. The monoisotopic (exact) mass is 258 g/mol. The zero-order chi connectivity index (χ0) is 12.6. The molecule has 0 aromatic rings. The third-order valence-electron chi connectivity index (χ3n) is 4.58. The van der Waals surface area contributed by atoms with Crippen LogP contribution in [0.3, 0.4) is 0 Å². The summed E-state index contributed by atoms with van der Waals surface area (Å²) < 4.78 is 16.8.